The van der Waals surface area contributed by atoms with Crippen molar-refractivity contribution in [3.8, 4) is 16.9 Å². The third-order valence-corrected chi connectivity index (χ3v) is 8.60. The van der Waals surface area contributed by atoms with Gasteiger partial charge in [-0.25, -0.2) is 4.79 Å². The van der Waals surface area contributed by atoms with Gasteiger partial charge in [-0.1, -0.05) is 32.0 Å². The number of hydrogen-bond donors (Lipinski definition) is 6. The first-order valence-corrected chi connectivity index (χ1v) is 14.2. The first kappa shape index (κ1) is 30.8. The van der Waals surface area contributed by atoms with Gasteiger partial charge in [-0.05, 0) is 73.7 Å². The summed E-state index contributed by atoms with van der Waals surface area (Å²) in [5, 5.41) is 47.6. The molecule has 0 heterocycles. The summed E-state index contributed by atoms with van der Waals surface area (Å²) in [6.45, 7) is 4.12. The summed E-state index contributed by atoms with van der Waals surface area (Å²) < 4.78 is 5.16. The number of likely N-dealkylation sites (N-methyl/N-ethyl adjacent to an activating group) is 1. The Morgan fingerprint density at radius 2 is 1.75 bits per heavy atom. The lowest BCUT2D eigenvalue weighted by Crippen LogP contribution is -2.63. The summed E-state index contributed by atoms with van der Waals surface area (Å²) in [4.78, 5) is 53.1. The fourth-order valence-electron chi connectivity index (χ4n) is 6.65. The number of Topliss-reactive ketones (excluding diaryl/α,β-unsaturated/α-hetero) is 2. The highest BCUT2D eigenvalue weighted by Crippen LogP contribution is 2.53. The van der Waals surface area contributed by atoms with Crippen molar-refractivity contribution < 1.29 is 44.3 Å². The first-order chi connectivity index (χ1) is 20.7. The highest BCUT2D eigenvalue weighted by molar-refractivity contribution is 6.25. The highest BCUT2D eigenvalue weighted by Gasteiger charge is 2.63. The Hall–Kier alpha value is -4.68. The van der Waals surface area contributed by atoms with Crippen molar-refractivity contribution in [1.29, 1.82) is 0 Å². The largest absolute Gasteiger partial charge is 0.510 e. The minimum Gasteiger partial charge on any atom is -0.510 e. The average molecular weight is 606 g/mol. The molecule has 3 aliphatic carbocycles. The average Bonchev–Trinajstić information content (AvgIpc) is 2.94. The Bertz CT molecular complexity index is 1640. The van der Waals surface area contributed by atoms with Gasteiger partial charge in [0.1, 0.15) is 22.8 Å². The van der Waals surface area contributed by atoms with Gasteiger partial charge in [-0.15, -0.1) is 0 Å². The number of phenolic OH excluding ortho intramolecular Hbond substituents is 1. The van der Waals surface area contributed by atoms with Crippen molar-refractivity contribution in [2.24, 2.45) is 23.5 Å². The molecule has 1 unspecified atom stereocenters. The van der Waals surface area contributed by atoms with Crippen LogP contribution in [0.5, 0.6) is 5.75 Å². The predicted molar refractivity (Wildman–Crippen MR) is 159 cm³/mol. The second-order valence-corrected chi connectivity index (χ2v) is 12.1. The molecule has 12 nitrogen and oxygen atoms in total. The number of nitrogens with two attached hydrogens (primary N) is 1. The van der Waals surface area contributed by atoms with E-state index < -0.39 is 64.1 Å². The molecule has 0 spiro atoms. The van der Waals surface area contributed by atoms with Crippen LogP contribution in [0.2, 0.25) is 0 Å². The van der Waals surface area contributed by atoms with E-state index in [2.05, 4.69) is 5.32 Å². The Balaban J connectivity index is 1.56. The van der Waals surface area contributed by atoms with E-state index >= 15 is 0 Å². The summed E-state index contributed by atoms with van der Waals surface area (Å²) in [5.74, 6) is -6.83. The maximum atomic E-state index is 13.9. The number of benzene rings is 2. The monoisotopic (exact) mass is 605 g/mol. The number of ether oxygens (including phenoxy) is 1. The molecular formula is C32H35N3O9. The van der Waals surface area contributed by atoms with E-state index in [1.165, 1.54) is 11.0 Å². The van der Waals surface area contributed by atoms with Crippen LogP contribution >= 0.6 is 0 Å². The molecule has 0 fully saturated rings. The normalized spacial score (nSPS) is 24.7. The van der Waals surface area contributed by atoms with Crippen LogP contribution in [0.3, 0.4) is 0 Å². The van der Waals surface area contributed by atoms with Crippen molar-refractivity contribution in [2.45, 2.75) is 38.3 Å². The van der Waals surface area contributed by atoms with Crippen LogP contribution < -0.4 is 11.1 Å². The van der Waals surface area contributed by atoms with Gasteiger partial charge >= 0.3 is 6.09 Å². The first-order valence-electron chi connectivity index (χ1n) is 14.2. The molecular weight excluding hydrogens is 570 g/mol. The minimum absolute atomic E-state index is 0.0117. The molecule has 44 heavy (non-hydrogen) atoms. The summed E-state index contributed by atoms with van der Waals surface area (Å²) in [5.41, 5.74) is 3.83. The van der Waals surface area contributed by atoms with Crippen molar-refractivity contribution in [2.75, 3.05) is 26.0 Å². The second-order valence-electron chi connectivity index (χ2n) is 12.1. The van der Waals surface area contributed by atoms with E-state index in [1.54, 1.807) is 44.4 Å². The zero-order chi connectivity index (χ0) is 32.2. The molecule has 232 valence electrons. The number of anilines is 1. The topological polar surface area (TPSA) is 200 Å². The van der Waals surface area contributed by atoms with E-state index in [9.17, 15) is 39.6 Å². The number of hydrogen-bond acceptors (Lipinski definition) is 10. The SMILES string of the molecule is CC(C)COC(=O)Nc1ccc(-c2ccc(O)c3c2C[C@@H]2C[C@@H]4C(N(C)C)C(O)=C(C(N)=O)C(=O)[C@]4(O)C(O)=C2C3=O)cc1. The lowest BCUT2D eigenvalue weighted by molar-refractivity contribution is -0.148. The number of nitrogens with zero attached hydrogens (tertiary/aromatic N) is 1. The predicted octanol–water partition coefficient (Wildman–Crippen LogP) is 2.99. The molecule has 7 N–H and O–H groups in total. The van der Waals surface area contributed by atoms with Crippen LogP contribution in [-0.4, -0.2) is 81.2 Å². The third-order valence-electron chi connectivity index (χ3n) is 8.60. The maximum absolute atomic E-state index is 13.9. The molecule has 2 amide bonds. The quantitative estimate of drug-likeness (QED) is 0.266. The smallest absolute Gasteiger partial charge is 0.411 e. The number of amides is 2. The lowest BCUT2D eigenvalue weighted by atomic mass is 9.58. The zero-order valence-electron chi connectivity index (χ0n) is 24.7. The third kappa shape index (κ3) is 4.80. The molecule has 2 aromatic carbocycles. The Kier molecular flexibility index (Phi) is 7.77. The molecule has 3 aliphatic rings. The number of carbonyl (C=O) groups excluding carboxylic acids is 4. The van der Waals surface area contributed by atoms with Gasteiger partial charge in [0.25, 0.3) is 5.91 Å². The Morgan fingerprint density at radius 3 is 2.34 bits per heavy atom. The molecule has 0 radical (unpaired) electrons. The highest BCUT2D eigenvalue weighted by atomic mass is 16.5. The second kappa shape index (κ2) is 11.1. The number of aliphatic hydroxyl groups excluding tert-OH is 2. The molecule has 0 saturated carbocycles. The van der Waals surface area contributed by atoms with Crippen LogP contribution in [0.4, 0.5) is 10.5 Å². The maximum Gasteiger partial charge on any atom is 0.411 e. The van der Waals surface area contributed by atoms with Crippen LogP contribution in [0.1, 0.15) is 36.2 Å². The van der Waals surface area contributed by atoms with Gasteiger partial charge in [-0.3, -0.25) is 24.6 Å². The van der Waals surface area contributed by atoms with E-state index in [-0.39, 0.29) is 42.3 Å². The van der Waals surface area contributed by atoms with E-state index in [0.717, 1.165) is 0 Å². The van der Waals surface area contributed by atoms with Gasteiger partial charge < -0.3 is 30.9 Å². The van der Waals surface area contributed by atoms with Gasteiger partial charge in [-0.2, -0.15) is 0 Å². The summed E-state index contributed by atoms with van der Waals surface area (Å²) in [6, 6.07) is 8.77. The number of aliphatic hydroxyl groups is 3. The molecule has 2 aromatic rings. The number of aromatic hydroxyl groups is 1. The standard InChI is InChI=1S/C32H35N3O9/c1-14(2)13-44-31(42)34-17-7-5-15(6-8-17)18-9-10-21(36)23-19(18)11-16-12-20-25(35(3)4)27(38)24(30(33)41)29(40)32(20,43)28(39)22(16)26(23)37/h5-10,14,16,20,25,36,38-39,43H,11-13H2,1-4H3,(H2,33,41)(H,34,42)/t16-,20-,25?,32-/m1/s1. The van der Waals surface area contributed by atoms with Crippen molar-refractivity contribution >= 4 is 29.3 Å². The fraction of sp³-hybridized carbons (Fsp3) is 0.375. The zero-order valence-corrected chi connectivity index (χ0v) is 24.7. The molecule has 5 rings (SSSR count). The van der Waals surface area contributed by atoms with Crippen LogP contribution in [0.15, 0.2) is 59.1 Å². The number of allylic oxidation sites excluding steroid dienone is 1. The van der Waals surface area contributed by atoms with Gasteiger partial charge in [0.05, 0.1) is 18.2 Å². The van der Waals surface area contributed by atoms with Crippen molar-refractivity contribution in [1.82, 2.24) is 4.90 Å². The lowest BCUT2D eigenvalue weighted by Gasteiger charge is -2.50. The number of ketones is 2. The Morgan fingerprint density at radius 1 is 1.09 bits per heavy atom. The molecule has 0 aromatic heterocycles. The van der Waals surface area contributed by atoms with Crippen LogP contribution in [-0.2, 0) is 20.7 Å². The minimum atomic E-state index is -2.70. The molecule has 4 atom stereocenters. The van der Waals surface area contributed by atoms with E-state index in [4.69, 9.17) is 10.5 Å². The number of carbonyl (C=O) groups is 4. The molecule has 12 heteroatoms. The van der Waals surface area contributed by atoms with Crippen molar-refractivity contribution in [3.63, 3.8) is 0 Å². The van der Waals surface area contributed by atoms with Gasteiger partial charge in [0.15, 0.2) is 11.4 Å². The number of primary amides is 1. The number of fused-ring (bicyclic) bond motifs is 3. The molecule has 0 bridgehead atoms. The summed E-state index contributed by atoms with van der Waals surface area (Å²) >= 11 is 0. The van der Waals surface area contributed by atoms with Crippen LogP contribution in [0, 0.1) is 17.8 Å². The number of rotatable bonds is 6. The fourth-order valence-corrected chi connectivity index (χ4v) is 6.65. The van der Waals surface area contributed by atoms with Gasteiger partial charge in [0.2, 0.25) is 5.78 Å². The van der Waals surface area contributed by atoms with E-state index in [0.29, 0.717) is 22.4 Å². The summed E-state index contributed by atoms with van der Waals surface area (Å²) in [7, 11) is 3.15. The number of nitrogens with one attached hydrogen (secondary N) is 1. The number of phenols is 1. The van der Waals surface area contributed by atoms with E-state index in [1.807, 2.05) is 13.8 Å². The Labute approximate surface area is 253 Å². The van der Waals surface area contributed by atoms with Crippen molar-refractivity contribution in [3.05, 3.63) is 70.2 Å². The molecule has 0 saturated heterocycles. The van der Waals surface area contributed by atoms with Gasteiger partial charge in [0, 0.05) is 17.2 Å². The summed E-state index contributed by atoms with van der Waals surface area (Å²) in [6.07, 6.45) is -0.446. The molecule has 0 aliphatic heterocycles. The van der Waals surface area contributed by atoms with Crippen LogP contribution in [0.25, 0.3) is 11.1 Å².